The molecule has 0 aliphatic rings. The molecule has 15 heavy (non-hydrogen) atoms. The van der Waals surface area contributed by atoms with Crippen LogP contribution in [0, 0.1) is 0 Å². The Morgan fingerprint density at radius 1 is 1.60 bits per heavy atom. The Hall–Kier alpha value is -1.20. The van der Waals surface area contributed by atoms with Crippen LogP contribution in [-0.4, -0.2) is 30.1 Å². The van der Waals surface area contributed by atoms with E-state index in [0.717, 1.165) is 15.1 Å². The number of likely N-dealkylation sites (N-methyl/N-ethyl adjacent to an activating group) is 1. The number of hydroxylamine groups is 2. The van der Waals surface area contributed by atoms with Crippen LogP contribution in [0.2, 0.25) is 0 Å². The van der Waals surface area contributed by atoms with Gasteiger partial charge in [0.25, 0.3) is 5.91 Å². The van der Waals surface area contributed by atoms with E-state index < -0.39 is 0 Å². The highest BCUT2D eigenvalue weighted by Gasteiger charge is 2.01. The molecular formula is C10H11BrN2O2. The zero-order chi connectivity index (χ0) is 11.3. The predicted molar refractivity (Wildman–Crippen MR) is 60.8 cm³/mol. The number of carbonyl (C=O) groups is 1. The highest BCUT2D eigenvalue weighted by molar-refractivity contribution is 9.10. The maximum Gasteiger partial charge on any atom is 0.269 e. The molecule has 0 unspecified atom stereocenters. The summed E-state index contributed by atoms with van der Waals surface area (Å²) in [6.07, 6.45) is 6.45. The predicted octanol–water partition coefficient (Wildman–Crippen LogP) is 1.88. The molecule has 0 N–H and O–H groups in total. The van der Waals surface area contributed by atoms with Gasteiger partial charge in [-0.2, -0.15) is 0 Å². The summed E-state index contributed by atoms with van der Waals surface area (Å²) in [5.74, 6) is -0.225. The van der Waals surface area contributed by atoms with Crippen molar-refractivity contribution in [2.45, 2.75) is 0 Å². The molecule has 0 aromatic carbocycles. The molecule has 0 aliphatic heterocycles. The molecule has 0 aliphatic carbocycles. The molecule has 0 spiro atoms. The highest BCUT2D eigenvalue weighted by Crippen LogP contribution is 2.10. The Morgan fingerprint density at radius 2 is 2.33 bits per heavy atom. The second-order valence-corrected chi connectivity index (χ2v) is 3.70. The van der Waals surface area contributed by atoms with Crippen LogP contribution in [0.25, 0.3) is 6.08 Å². The Balaban J connectivity index is 2.69. The van der Waals surface area contributed by atoms with Crippen LogP contribution in [0.1, 0.15) is 5.56 Å². The van der Waals surface area contributed by atoms with Crippen molar-refractivity contribution in [3.63, 3.8) is 0 Å². The first-order chi connectivity index (χ1) is 7.13. The molecule has 4 nitrogen and oxygen atoms in total. The molecule has 0 bridgehead atoms. The Morgan fingerprint density at radius 3 is 2.93 bits per heavy atom. The average Bonchev–Trinajstić information content (AvgIpc) is 2.25. The number of carbonyl (C=O) groups excluding carboxylic acids is 1. The van der Waals surface area contributed by atoms with Crippen molar-refractivity contribution in [3.05, 3.63) is 34.6 Å². The highest BCUT2D eigenvalue weighted by atomic mass is 79.9. The zero-order valence-electron chi connectivity index (χ0n) is 8.48. The number of halogens is 1. The van der Waals surface area contributed by atoms with Crippen molar-refractivity contribution >= 4 is 27.9 Å². The molecular weight excluding hydrogens is 260 g/mol. The maximum absolute atomic E-state index is 11.3. The SMILES string of the molecule is CON(C)C(=O)/C=C/c1cncc(Br)c1. The fourth-order valence-corrected chi connectivity index (χ4v) is 1.26. The normalized spacial score (nSPS) is 10.6. The second kappa shape index (κ2) is 5.63. The minimum absolute atomic E-state index is 0.225. The van der Waals surface area contributed by atoms with Crippen LogP contribution in [0.3, 0.4) is 0 Å². The minimum atomic E-state index is -0.225. The zero-order valence-corrected chi connectivity index (χ0v) is 10.1. The molecule has 0 saturated heterocycles. The molecule has 0 radical (unpaired) electrons. The van der Waals surface area contributed by atoms with E-state index in [4.69, 9.17) is 4.84 Å². The standard InChI is InChI=1S/C10H11BrN2O2/c1-13(15-2)10(14)4-3-8-5-9(11)7-12-6-8/h3-7H,1-2H3/b4-3+. The summed E-state index contributed by atoms with van der Waals surface area (Å²) in [4.78, 5) is 20.0. The topological polar surface area (TPSA) is 42.4 Å². The lowest BCUT2D eigenvalue weighted by Gasteiger charge is -2.09. The molecule has 0 saturated carbocycles. The molecule has 1 aromatic heterocycles. The number of pyridine rings is 1. The first-order valence-electron chi connectivity index (χ1n) is 4.24. The summed E-state index contributed by atoms with van der Waals surface area (Å²) < 4.78 is 0.872. The van der Waals surface area contributed by atoms with Gasteiger partial charge in [-0.25, -0.2) is 5.06 Å². The van der Waals surface area contributed by atoms with E-state index in [1.54, 1.807) is 25.5 Å². The molecule has 1 rings (SSSR count). The van der Waals surface area contributed by atoms with Crippen LogP contribution in [0.5, 0.6) is 0 Å². The molecule has 1 heterocycles. The quantitative estimate of drug-likeness (QED) is 0.622. The molecule has 0 fully saturated rings. The second-order valence-electron chi connectivity index (χ2n) is 2.79. The third-order valence-electron chi connectivity index (χ3n) is 1.73. The van der Waals surface area contributed by atoms with Crippen molar-refractivity contribution in [1.82, 2.24) is 10.0 Å². The van der Waals surface area contributed by atoms with Gasteiger partial charge in [0.15, 0.2) is 0 Å². The summed E-state index contributed by atoms with van der Waals surface area (Å²) >= 11 is 3.30. The third-order valence-corrected chi connectivity index (χ3v) is 2.16. The van der Waals surface area contributed by atoms with Gasteiger partial charge >= 0.3 is 0 Å². The van der Waals surface area contributed by atoms with Gasteiger partial charge in [0.05, 0.1) is 7.11 Å². The average molecular weight is 271 g/mol. The van der Waals surface area contributed by atoms with Crippen LogP contribution in [-0.2, 0) is 9.63 Å². The van der Waals surface area contributed by atoms with Gasteiger partial charge < -0.3 is 0 Å². The maximum atomic E-state index is 11.3. The van der Waals surface area contributed by atoms with Crippen molar-refractivity contribution in [1.29, 1.82) is 0 Å². The smallest absolute Gasteiger partial charge is 0.269 e. The van der Waals surface area contributed by atoms with Crippen LogP contribution in [0.15, 0.2) is 29.0 Å². The Kier molecular flexibility index (Phi) is 4.45. The summed E-state index contributed by atoms with van der Waals surface area (Å²) in [7, 11) is 2.98. The fourth-order valence-electron chi connectivity index (χ4n) is 0.882. The van der Waals surface area contributed by atoms with Crippen LogP contribution >= 0.6 is 15.9 Å². The van der Waals surface area contributed by atoms with E-state index >= 15 is 0 Å². The number of hydrogen-bond acceptors (Lipinski definition) is 3. The Bertz CT molecular complexity index is 379. The van der Waals surface area contributed by atoms with Gasteiger partial charge in [-0.15, -0.1) is 0 Å². The Labute approximate surface area is 96.6 Å². The summed E-state index contributed by atoms with van der Waals surface area (Å²) in [5, 5.41) is 1.14. The van der Waals surface area contributed by atoms with Crippen molar-refractivity contribution < 1.29 is 9.63 Å². The first-order valence-corrected chi connectivity index (χ1v) is 5.03. The summed E-state index contributed by atoms with van der Waals surface area (Å²) in [6, 6.07) is 1.86. The van der Waals surface area contributed by atoms with E-state index in [2.05, 4.69) is 20.9 Å². The van der Waals surface area contributed by atoms with Gasteiger partial charge in [-0.05, 0) is 33.6 Å². The number of aromatic nitrogens is 1. The lowest BCUT2D eigenvalue weighted by atomic mass is 10.2. The van der Waals surface area contributed by atoms with E-state index in [0.29, 0.717) is 0 Å². The number of hydrogen-bond donors (Lipinski definition) is 0. The van der Waals surface area contributed by atoms with E-state index in [-0.39, 0.29) is 5.91 Å². The lowest BCUT2D eigenvalue weighted by Crippen LogP contribution is -2.22. The van der Waals surface area contributed by atoms with Gasteiger partial charge in [-0.1, -0.05) is 0 Å². The third kappa shape index (κ3) is 3.81. The summed E-state index contributed by atoms with van der Waals surface area (Å²) in [6.45, 7) is 0. The van der Waals surface area contributed by atoms with Gasteiger partial charge in [0.1, 0.15) is 0 Å². The van der Waals surface area contributed by atoms with Crippen LogP contribution in [0.4, 0.5) is 0 Å². The van der Waals surface area contributed by atoms with Gasteiger partial charge in [0.2, 0.25) is 0 Å². The van der Waals surface area contributed by atoms with Gasteiger partial charge in [0, 0.05) is 30.0 Å². The number of amides is 1. The largest absolute Gasteiger partial charge is 0.274 e. The first kappa shape index (κ1) is 11.9. The van der Waals surface area contributed by atoms with Gasteiger partial charge in [-0.3, -0.25) is 14.6 Å². The van der Waals surface area contributed by atoms with E-state index in [9.17, 15) is 4.79 Å². The van der Waals surface area contributed by atoms with E-state index in [1.165, 1.54) is 13.2 Å². The van der Waals surface area contributed by atoms with Crippen LogP contribution < -0.4 is 0 Å². The summed E-state index contributed by atoms with van der Waals surface area (Å²) in [5.41, 5.74) is 0.849. The molecule has 1 aromatic rings. The fraction of sp³-hybridized carbons (Fsp3) is 0.200. The monoisotopic (exact) mass is 270 g/mol. The van der Waals surface area contributed by atoms with E-state index in [1.807, 2.05) is 6.07 Å². The number of nitrogens with zero attached hydrogens (tertiary/aromatic N) is 2. The van der Waals surface area contributed by atoms with Crippen molar-refractivity contribution in [3.8, 4) is 0 Å². The molecule has 1 amide bonds. The lowest BCUT2D eigenvalue weighted by molar-refractivity contribution is -0.162. The van der Waals surface area contributed by atoms with Crippen molar-refractivity contribution in [2.24, 2.45) is 0 Å². The molecule has 80 valence electrons. The van der Waals surface area contributed by atoms with Crippen molar-refractivity contribution in [2.75, 3.05) is 14.2 Å². The number of rotatable bonds is 3. The molecule has 0 atom stereocenters. The molecule has 5 heteroatoms. The minimum Gasteiger partial charge on any atom is -0.274 e.